The van der Waals surface area contributed by atoms with Crippen LogP contribution in [-0.2, 0) is 35.3 Å². The van der Waals surface area contributed by atoms with Crippen molar-refractivity contribution in [2.24, 2.45) is 0 Å². The highest BCUT2D eigenvalue weighted by Gasteiger charge is 2.56. The van der Waals surface area contributed by atoms with Gasteiger partial charge < -0.3 is 33.5 Å². The molecule has 2 fully saturated rings. The van der Waals surface area contributed by atoms with Crippen LogP contribution in [0.25, 0.3) is 0 Å². The van der Waals surface area contributed by atoms with E-state index in [0.717, 1.165) is 0 Å². The van der Waals surface area contributed by atoms with Gasteiger partial charge in [-0.3, -0.25) is 14.3 Å². The van der Waals surface area contributed by atoms with Crippen molar-refractivity contribution < 1.29 is 57.1 Å². The lowest BCUT2D eigenvalue weighted by molar-refractivity contribution is -0.164. The number of para-hydroxylation sites is 2. The lowest BCUT2D eigenvalue weighted by Crippen LogP contribution is -2.50. The Kier molecular flexibility index (Phi) is 10.9. The second-order valence-electron chi connectivity index (χ2n) is 12.7. The Balaban J connectivity index is 1.35. The number of halogens is 1. The molecule has 0 aliphatic carbocycles. The van der Waals surface area contributed by atoms with Crippen LogP contribution in [0.1, 0.15) is 46.3 Å². The van der Waals surface area contributed by atoms with Crippen LogP contribution in [0, 0.1) is 5.82 Å². The largest absolute Gasteiger partial charge is 0.513 e. The Morgan fingerprint density at radius 2 is 1.59 bits per heavy atom. The molecule has 4 atom stereocenters. The SMILES string of the molecule is CC(C)(C)OC(=O)N1CCC[C@H]1C(=O)OCn1c(=O)c(F)cn([C@H]2C[C@@](O)(C(=O)Oc3ccccc3)[C@@H](COC(=O)Oc3ccccc3)O2)c1=O. The first-order valence-electron chi connectivity index (χ1n) is 15.9. The molecule has 0 saturated carbocycles. The molecule has 2 saturated heterocycles. The molecule has 2 aliphatic heterocycles. The van der Waals surface area contributed by atoms with E-state index in [2.05, 4.69) is 0 Å². The summed E-state index contributed by atoms with van der Waals surface area (Å²) in [5.74, 6) is -3.49. The molecule has 1 amide bonds. The van der Waals surface area contributed by atoms with Gasteiger partial charge in [0.25, 0.3) is 5.56 Å². The number of ether oxygens (including phenoxy) is 6. The summed E-state index contributed by atoms with van der Waals surface area (Å²) >= 11 is 0. The second kappa shape index (κ2) is 15.1. The molecule has 2 aromatic carbocycles. The number of carbonyl (C=O) groups excluding carboxylic acids is 4. The molecule has 0 spiro atoms. The monoisotopic (exact) mass is 713 g/mol. The summed E-state index contributed by atoms with van der Waals surface area (Å²) in [6, 6.07) is 14.5. The van der Waals surface area contributed by atoms with E-state index in [1.807, 2.05) is 0 Å². The molecule has 0 radical (unpaired) electrons. The minimum atomic E-state index is -2.58. The summed E-state index contributed by atoms with van der Waals surface area (Å²) in [4.78, 5) is 78.8. The molecule has 0 unspecified atom stereocenters. The van der Waals surface area contributed by atoms with Gasteiger partial charge >= 0.3 is 29.9 Å². The molecular weight excluding hydrogens is 677 g/mol. The van der Waals surface area contributed by atoms with Gasteiger partial charge in [0.15, 0.2) is 12.3 Å². The predicted octanol–water partition coefficient (Wildman–Crippen LogP) is 2.89. The number of aliphatic hydroxyl groups is 1. The first-order valence-corrected chi connectivity index (χ1v) is 15.9. The topological polar surface area (TPSA) is 191 Å². The van der Waals surface area contributed by atoms with Crippen molar-refractivity contribution in [1.29, 1.82) is 0 Å². The summed E-state index contributed by atoms with van der Waals surface area (Å²) in [5, 5.41) is 11.6. The zero-order chi connectivity index (χ0) is 36.9. The van der Waals surface area contributed by atoms with Crippen molar-refractivity contribution in [3.8, 4) is 11.5 Å². The molecule has 2 aliphatic rings. The first kappa shape index (κ1) is 36.7. The van der Waals surface area contributed by atoms with Crippen molar-refractivity contribution in [3.05, 3.63) is 93.5 Å². The van der Waals surface area contributed by atoms with Gasteiger partial charge in [-0.15, -0.1) is 0 Å². The molecular formula is C34H36FN3O13. The number of esters is 2. The number of hydrogen-bond acceptors (Lipinski definition) is 13. The molecule has 16 nitrogen and oxygen atoms in total. The highest BCUT2D eigenvalue weighted by Crippen LogP contribution is 2.38. The van der Waals surface area contributed by atoms with E-state index in [0.29, 0.717) is 17.2 Å². The van der Waals surface area contributed by atoms with Gasteiger partial charge in [0, 0.05) is 13.0 Å². The van der Waals surface area contributed by atoms with Crippen LogP contribution in [-0.4, -0.2) is 79.8 Å². The third-order valence-electron chi connectivity index (χ3n) is 7.90. The van der Waals surface area contributed by atoms with Crippen LogP contribution in [0.15, 0.2) is 76.4 Å². The minimum Gasteiger partial charge on any atom is -0.444 e. The van der Waals surface area contributed by atoms with Gasteiger partial charge in [-0.05, 0) is 57.9 Å². The van der Waals surface area contributed by atoms with E-state index >= 15 is 4.39 Å². The van der Waals surface area contributed by atoms with E-state index in [4.69, 9.17) is 28.4 Å². The summed E-state index contributed by atoms with van der Waals surface area (Å²) in [5.41, 5.74) is -6.10. The quantitative estimate of drug-likeness (QED) is 0.148. The normalized spacial score (nSPS) is 21.5. The van der Waals surface area contributed by atoms with Gasteiger partial charge in [-0.1, -0.05) is 36.4 Å². The second-order valence-corrected chi connectivity index (χ2v) is 12.7. The number of hydrogen-bond donors (Lipinski definition) is 1. The van der Waals surface area contributed by atoms with Crippen LogP contribution < -0.4 is 20.7 Å². The number of benzene rings is 2. The van der Waals surface area contributed by atoms with Crippen LogP contribution in [0.4, 0.5) is 14.0 Å². The van der Waals surface area contributed by atoms with Gasteiger partial charge in [0.05, 0.1) is 6.20 Å². The fraction of sp³-hybridized carbons (Fsp3) is 0.412. The molecule has 3 aromatic rings. The first-order chi connectivity index (χ1) is 24.2. The summed E-state index contributed by atoms with van der Waals surface area (Å²) < 4.78 is 47.7. The molecule has 3 heterocycles. The summed E-state index contributed by atoms with van der Waals surface area (Å²) in [6.07, 6.45) is -4.83. The number of carbonyl (C=O) groups is 4. The Labute approximate surface area is 289 Å². The molecule has 0 bridgehead atoms. The van der Waals surface area contributed by atoms with Crippen LogP contribution in [0.5, 0.6) is 11.5 Å². The predicted molar refractivity (Wildman–Crippen MR) is 171 cm³/mol. The molecule has 1 N–H and O–H groups in total. The van der Waals surface area contributed by atoms with E-state index in [1.54, 1.807) is 57.2 Å². The minimum absolute atomic E-state index is 0.0496. The Morgan fingerprint density at radius 1 is 0.961 bits per heavy atom. The van der Waals surface area contributed by atoms with Crippen LogP contribution in [0.2, 0.25) is 0 Å². The molecule has 5 rings (SSSR count). The highest BCUT2D eigenvalue weighted by atomic mass is 19.1. The number of aromatic nitrogens is 2. The van der Waals surface area contributed by atoms with Crippen molar-refractivity contribution in [1.82, 2.24) is 14.0 Å². The van der Waals surface area contributed by atoms with Gasteiger partial charge in [0.2, 0.25) is 5.82 Å². The zero-order valence-electron chi connectivity index (χ0n) is 27.9. The van der Waals surface area contributed by atoms with Gasteiger partial charge in [0.1, 0.15) is 42.1 Å². The summed E-state index contributed by atoms with van der Waals surface area (Å²) in [6.45, 7) is 3.35. The average Bonchev–Trinajstić information content (AvgIpc) is 3.71. The van der Waals surface area contributed by atoms with Crippen molar-refractivity contribution in [2.75, 3.05) is 13.2 Å². The fourth-order valence-corrected chi connectivity index (χ4v) is 5.43. The number of rotatable bonds is 9. The third kappa shape index (κ3) is 8.61. The van der Waals surface area contributed by atoms with Crippen molar-refractivity contribution in [3.63, 3.8) is 0 Å². The van der Waals surface area contributed by atoms with Crippen molar-refractivity contribution >= 4 is 24.2 Å². The lowest BCUT2D eigenvalue weighted by atomic mass is 9.95. The average molecular weight is 714 g/mol. The maximum absolute atomic E-state index is 15.0. The number of likely N-dealkylation sites (tertiary alicyclic amines) is 1. The maximum Gasteiger partial charge on any atom is 0.513 e. The van der Waals surface area contributed by atoms with Gasteiger partial charge in [-0.25, -0.2) is 28.5 Å². The van der Waals surface area contributed by atoms with Crippen molar-refractivity contribution in [2.45, 2.75) is 76.3 Å². The van der Waals surface area contributed by atoms with E-state index in [9.17, 15) is 33.9 Å². The van der Waals surface area contributed by atoms with Crippen LogP contribution in [0.3, 0.4) is 0 Å². The molecule has 1 aromatic heterocycles. The molecule has 17 heteroatoms. The third-order valence-corrected chi connectivity index (χ3v) is 7.90. The number of amides is 1. The fourth-order valence-electron chi connectivity index (χ4n) is 5.43. The maximum atomic E-state index is 15.0. The lowest BCUT2D eigenvalue weighted by Gasteiger charge is -2.27. The summed E-state index contributed by atoms with van der Waals surface area (Å²) in [7, 11) is 0. The Bertz CT molecular complexity index is 1880. The zero-order valence-corrected chi connectivity index (χ0v) is 27.9. The van der Waals surface area contributed by atoms with E-state index in [-0.39, 0.29) is 29.0 Å². The van der Waals surface area contributed by atoms with E-state index < -0.39 is 90.6 Å². The number of nitrogens with zero attached hydrogens (tertiary/aromatic N) is 3. The van der Waals surface area contributed by atoms with Gasteiger partial charge in [-0.2, -0.15) is 4.39 Å². The van der Waals surface area contributed by atoms with Crippen LogP contribution >= 0.6 is 0 Å². The Morgan fingerprint density at radius 3 is 2.22 bits per heavy atom. The highest BCUT2D eigenvalue weighted by molar-refractivity contribution is 5.83. The molecule has 272 valence electrons. The Hall–Kier alpha value is -5.55. The standard InChI is InChI=1S/C34H36FN3O13/c1-33(2,3)51-31(43)36-16-10-15-24(36)28(40)47-20-38-27(39)23(35)18-37(30(38)42)26-17-34(45,29(41)48-21-11-6-4-7-12-21)25(50-26)19-46-32(44)49-22-13-8-5-9-14-22/h4-9,11-14,18,24-26,45H,10,15-17,19-20H2,1-3H3/t24-,25+,26+,34-/m0/s1. The van der Waals surface area contributed by atoms with E-state index in [1.165, 1.54) is 29.2 Å². The molecule has 51 heavy (non-hydrogen) atoms. The smallest absolute Gasteiger partial charge is 0.444 e.